The maximum absolute atomic E-state index is 12.7. The average Bonchev–Trinajstić information content (AvgIpc) is 3.12. The fourth-order valence-corrected chi connectivity index (χ4v) is 9.74. The monoisotopic (exact) mass is 493 g/mol. The molecule has 1 saturated heterocycles. The van der Waals surface area contributed by atoms with Crippen molar-refractivity contribution < 1.29 is 14.3 Å². The van der Waals surface area contributed by atoms with E-state index in [2.05, 4.69) is 28.8 Å². The Hall–Kier alpha value is -0.270. The van der Waals surface area contributed by atoms with E-state index in [4.69, 9.17) is 39.5 Å². The van der Waals surface area contributed by atoms with Gasteiger partial charge in [-0.05, 0) is 49.7 Å². The predicted octanol–water partition coefficient (Wildman–Crippen LogP) is 6.13. The molecule has 1 N–H and O–H groups in total. The summed E-state index contributed by atoms with van der Waals surface area (Å²) >= 11 is 22.3. The van der Waals surface area contributed by atoms with Gasteiger partial charge in [-0.25, -0.2) is 0 Å². The summed E-state index contributed by atoms with van der Waals surface area (Å²) in [6, 6.07) is 2.98. The molecule has 3 fully saturated rings. The van der Waals surface area contributed by atoms with Crippen molar-refractivity contribution in [3.05, 3.63) is 27.2 Å². The highest BCUT2D eigenvalue weighted by Crippen LogP contribution is 2.64. The quantitative estimate of drug-likeness (QED) is 0.510. The van der Waals surface area contributed by atoms with Crippen LogP contribution in [0.3, 0.4) is 0 Å². The van der Waals surface area contributed by atoms with Crippen molar-refractivity contribution in [3.8, 4) is 0 Å². The van der Waals surface area contributed by atoms with Crippen molar-refractivity contribution in [3.63, 3.8) is 0 Å². The largest absolute Gasteiger partial charge is 0.455 e. The molecule has 2 aliphatic carbocycles. The van der Waals surface area contributed by atoms with Crippen LogP contribution in [0.4, 0.5) is 5.69 Å². The number of benzene rings is 1. The molecular weight excluding hydrogens is 473 g/mol. The zero-order valence-electron chi connectivity index (χ0n) is 15.7. The maximum atomic E-state index is 12.7. The van der Waals surface area contributed by atoms with Crippen LogP contribution >= 0.6 is 58.3 Å². The van der Waals surface area contributed by atoms with Gasteiger partial charge in [0.1, 0.15) is 0 Å². The fraction of sp³-hybridized carbons (Fsp3) is 0.600. The number of hydrogen-bond acceptors (Lipinski definition) is 5. The van der Waals surface area contributed by atoms with Gasteiger partial charge in [-0.15, -0.1) is 23.5 Å². The van der Waals surface area contributed by atoms with Gasteiger partial charge >= 0.3 is 5.97 Å². The van der Waals surface area contributed by atoms with Gasteiger partial charge in [-0.3, -0.25) is 9.59 Å². The van der Waals surface area contributed by atoms with Crippen LogP contribution in [0.1, 0.15) is 32.1 Å². The molecule has 1 aliphatic heterocycles. The van der Waals surface area contributed by atoms with Crippen molar-refractivity contribution in [2.75, 3.05) is 23.4 Å². The Bertz CT molecular complexity index is 777. The lowest BCUT2D eigenvalue weighted by molar-refractivity contribution is -0.154. The normalized spacial score (nSPS) is 27.6. The lowest BCUT2D eigenvalue weighted by Gasteiger charge is -2.51. The molecule has 1 spiro atoms. The predicted molar refractivity (Wildman–Crippen MR) is 122 cm³/mol. The number of halogens is 3. The maximum Gasteiger partial charge on any atom is 0.309 e. The zero-order chi connectivity index (χ0) is 20.6. The van der Waals surface area contributed by atoms with E-state index in [1.807, 2.05) is 0 Å². The third-order valence-electron chi connectivity index (χ3n) is 6.07. The van der Waals surface area contributed by atoms with Crippen LogP contribution in [0.5, 0.6) is 0 Å². The molecule has 158 valence electrons. The summed E-state index contributed by atoms with van der Waals surface area (Å²) < 4.78 is 5.67. The van der Waals surface area contributed by atoms with Gasteiger partial charge in [-0.2, -0.15) is 0 Å². The molecule has 2 bridgehead atoms. The summed E-state index contributed by atoms with van der Waals surface area (Å²) in [6.07, 6.45) is 5.37. The molecular formula is C20H22Cl3NO3S2. The van der Waals surface area contributed by atoms with Crippen LogP contribution in [0.15, 0.2) is 12.1 Å². The smallest absolute Gasteiger partial charge is 0.309 e. The van der Waals surface area contributed by atoms with Gasteiger partial charge < -0.3 is 10.1 Å². The van der Waals surface area contributed by atoms with Crippen LogP contribution in [-0.4, -0.2) is 34.1 Å². The lowest BCUT2D eigenvalue weighted by atomic mass is 9.67. The molecule has 1 amide bonds. The Morgan fingerprint density at radius 1 is 1.07 bits per heavy atom. The van der Waals surface area contributed by atoms with Gasteiger partial charge in [0.15, 0.2) is 6.61 Å². The van der Waals surface area contributed by atoms with Gasteiger partial charge in [0.2, 0.25) is 0 Å². The Balaban J connectivity index is 1.33. The number of hydrogen-bond donors (Lipinski definition) is 1. The standard InChI is InChI=1S/C20H22Cl3NO3S2/c21-14-8-15(22)18(16(23)9-14)24-17(25)10-27-19(26)11-6-12-2-1-3-13(7-11)20(12)28-4-5-29-20/h8-9,11-13H,1-7,10H2,(H,24,25). The van der Waals surface area contributed by atoms with Crippen molar-refractivity contribution in [1.82, 2.24) is 0 Å². The SMILES string of the molecule is O=C(COC(=O)C1CC2CCCC(C1)C21SCCS1)Nc1c(Cl)cc(Cl)cc1Cl. The number of carbonyl (C=O) groups is 2. The highest BCUT2D eigenvalue weighted by atomic mass is 35.5. The topological polar surface area (TPSA) is 55.4 Å². The van der Waals surface area contributed by atoms with Crippen molar-refractivity contribution >= 4 is 75.9 Å². The molecule has 9 heteroatoms. The number of esters is 1. The molecule has 4 nitrogen and oxygen atoms in total. The molecule has 4 rings (SSSR count). The second-order valence-electron chi connectivity index (χ2n) is 7.81. The number of amides is 1. The van der Waals surface area contributed by atoms with E-state index >= 15 is 0 Å². The summed E-state index contributed by atoms with van der Waals surface area (Å²) in [5, 5.41) is 3.45. The fourth-order valence-electron chi connectivity index (χ4n) is 4.89. The summed E-state index contributed by atoms with van der Waals surface area (Å²) in [7, 11) is 0. The minimum atomic E-state index is -0.473. The summed E-state index contributed by atoms with van der Waals surface area (Å²) in [4.78, 5) is 24.9. The first kappa shape index (κ1) is 21.9. The molecule has 29 heavy (non-hydrogen) atoms. The van der Waals surface area contributed by atoms with Crippen molar-refractivity contribution in [2.45, 2.75) is 36.2 Å². The van der Waals surface area contributed by atoms with E-state index in [1.165, 1.54) is 42.9 Å². The van der Waals surface area contributed by atoms with Crippen LogP contribution < -0.4 is 5.32 Å². The molecule has 2 saturated carbocycles. The summed E-state index contributed by atoms with van der Waals surface area (Å²) in [5.41, 5.74) is 0.267. The Kier molecular flexibility index (Phi) is 6.87. The van der Waals surface area contributed by atoms with E-state index in [0.29, 0.717) is 20.9 Å². The Morgan fingerprint density at radius 3 is 2.24 bits per heavy atom. The number of thioether (sulfide) groups is 2. The Morgan fingerprint density at radius 2 is 1.66 bits per heavy atom. The van der Waals surface area contributed by atoms with E-state index in [-0.39, 0.29) is 34.2 Å². The second-order valence-corrected chi connectivity index (χ2v) is 12.1. The third-order valence-corrected chi connectivity index (χ3v) is 10.9. The molecule has 0 radical (unpaired) electrons. The van der Waals surface area contributed by atoms with Crippen LogP contribution in [-0.2, 0) is 14.3 Å². The summed E-state index contributed by atoms with van der Waals surface area (Å²) in [5.74, 6) is 2.68. The van der Waals surface area contributed by atoms with E-state index < -0.39 is 5.91 Å². The van der Waals surface area contributed by atoms with Crippen molar-refractivity contribution in [2.24, 2.45) is 17.8 Å². The Labute approximate surface area is 194 Å². The molecule has 1 aromatic rings. The van der Waals surface area contributed by atoms with Gasteiger partial charge in [0.05, 0.1) is 25.7 Å². The van der Waals surface area contributed by atoms with Gasteiger partial charge in [-0.1, -0.05) is 41.2 Å². The zero-order valence-corrected chi connectivity index (χ0v) is 19.6. The number of ether oxygens (including phenoxy) is 1. The highest BCUT2D eigenvalue weighted by molar-refractivity contribution is 8.21. The number of rotatable bonds is 4. The first-order valence-corrected chi connectivity index (χ1v) is 12.9. The first-order valence-electron chi connectivity index (χ1n) is 9.78. The first-order chi connectivity index (χ1) is 13.9. The minimum absolute atomic E-state index is 0.117. The molecule has 2 atom stereocenters. The van der Waals surface area contributed by atoms with Gasteiger partial charge in [0, 0.05) is 16.5 Å². The van der Waals surface area contributed by atoms with Crippen molar-refractivity contribution in [1.29, 1.82) is 0 Å². The third kappa shape index (κ3) is 4.52. The molecule has 1 aromatic carbocycles. The van der Waals surface area contributed by atoms with Gasteiger partial charge in [0.25, 0.3) is 5.91 Å². The molecule has 1 heterocycles. The van der Waals surface area contributed by atoms with Crippen LogP contribution in [0.25, 0.3) is 0 Å². The number of nitrogens with one attached hydrogen (secondary N) is 1. The molecule has 2 unspecified atom stereocenters. The second kappa shape index (κ2) is 9.07. The van der Waals surface area contributed by atoms with E-state index in [0.717, 1.165) is 12.8 Å². The number of anilines is 1. The van der Waals surface area contributed by atoms with E-state index in [9.17, 15) is 9.59 Å². The highest BCUT2D eigenvalue weighted by Gasteiger charge is 2.55. The van der Waals surface area contributed by atoms with E-state index in [1.54, 1.807) is 0 Å². The van der Waals surface area contributed by atoms with Crippen LogP contribution in [0, 0.1) is 17.8 Å². The lowest BCUT2D eigenvalue weighted by Crippen LogP contribution is -2.48. The number of carbonyl (C=O) groups excluding carboxylic acids is 2. The van der Waals surface area contributed by atoms with Crippen LogP contribution in [0.2, 0.25) is 15.1 Å². The minimum Gasteiger partial charge on any atom is -0.455 e. The average molecular weight is 495 g/mol. The molecule has 3 aliphatic rings. The summed E-state index contributed by atoms with van der Waals surface area (Å²) in [6.45, 7) is -0.353. The molecule has 0 aromatic heterocycles.